The molecule has 0 radical (unpaired) electrons. The maximum atomic E-state index is 13.0. The number of aryl methyl sites for hydroxylation is 1. The first-order valence-electron chi connectivity index (χ1n) is 9.10. The second-order valence-electron chi connectivity index (χ2n) is 6.80. The van der Waals surface area contributed by atoms with E-state index in [1.807, 2.05) is 18.7 Å². The van der Waals surface area contributed by atoms with Gasteiger partial charge in [0.2, 0.25) is 0 Å². The largest absolute Gasteiger partial charge is 0.465 e. The summed E-state index contributed by atoms with van der Waals surface area (Å²) in [5, 5.41) is 3.37. The normalized spacial score (nSPS) is 20.7. The Labute approximate surface area is 160 Å². The van der Waals surface area contributed by atoms with Gasteiger partial charge in [-0.25, -0.2) is 4.79 Å². The van der Waals surface area contributed by atoms with Crippen LogP contribution in [0.25, 0.3) is 0 Å². The van der Waals surface area contributed by atoms with Crippen LogP contribution in [0.1, 0.15) is 45.4 Å². The van der Waals surface area contributed by atoms with Crippen LogP contribution in [0.2, 0.25) is 0 Å². The topological polar surface area (TPSA) is 77.7 Å². The van der Waals surface area contributed by atoms with E-state index in [0.29, 0.717) is 29.3 Å². The summed E-state index contributed by atoms with van der Waals surface area (Å²) in [6.45, 7) is 9.42. The molecule has 1 unspecified atom stereocenters. The standard InChI is InChI=1S/C18H28N4O3.ClH/c1-4-14-15(18(24)25-3)12(2)16(20-14)17(23)22-8-5-13(11-22)21-9-6-19-7-10-21;/h13,19-20H,4-11H2,1-3H3;1H. The maximum absolute atomic E-state index is 13.0. The van der Waals surface area contributed by atoms with Gasteiger partial charge in [-0.2, -0.15) is 0 Å². The van der Waals surface area contributed by atoms with Crippen LogP contribution in [0.4, 0.5) is 0 Å². The van der Waals surface area contributed by atoms with Crippen LogP contribution < -0.4 is 5.32 Å². The number of ether oxygens (including phenoxy) is 1. The molecule has 7 nitrogen and oxygen atoms in total. The molecule has 2 fully saturated rings. The molecule has 3 rings (SSSR count). The lowest BCUT2D eigenvalue weighted by atomic mass is 10.1. The Morgan fingerprint density at radius 1 is 1.23 bits per heavy atom. The van der Waals surface area contributed by atoms with Crippen molar-refractivity contribution in [1.29, 1.82) is 0 Å². The number of aromatic nitrogens is 1. The predicted octanol–water partition coefficient (Wildman–Crippen LogP) is 1.21. The van der Waals surface area contributed by atoms with Gasteiger partial charge in [-0.3, -0.25) is 9.69 Å². The van der Waals surface area contributed by atoms with Crippen molar-refractivity contribution >= 4 is 24.3 Å². The molecule has 2 N–H and O–H groups in total. The zero-order chi connectivity index (χ0) is 18.0. The second-order valence-corrected chi connectivity index (χ2v) is 6.80. The summed E-state index contributed by atoms with van der Waals surface area (Å²) in [5.41, 5.74) is 2.49. The van der Waals surface area contributed by atoms with Crippen molar-refractivity contribution in [3.8, 4) is 0 Å². The highest BCUT2D eigenvalue weighted by Gasteiger charge is 2.33. The summed E-state index contributed by atoms with van der Waals surface area (Å²) in [7, 11) is 1.37. The van der Waals surface area contributed by atoms with Crippen LogP contribution in [0.5, 0.6) is 0 Å². The quantitative estimate of drug-likeness (QED) is 0.763. The molecule has 1 atom stereocenters. The summed E-state index contributed by atoms with van der Waals surface area (Å²) >= 11 is 0. The number of hydrogen-bond donors (Lipinski definition) is 2. The third-order valence-electron chi connectivity index (χ3n) is 5.40. The van der Waals surface area contributed by atoms with Gasteiger partial charge in [0.25, 0.3) is 5.91 Å². The van der Waals surface area contributed by atoms with Crippen LogP contribution in [0.15, 0.2) is 0 Å². The Morgan fingerprint density at radius 2 is 1.92 bits per heavy atom. The van der Waals surface area contributed by atoms with Crippen LogP contribution in [0.3, 0.4) is 0 Å². The fraction of sp³-hybridized carbons (Fsp3) is 0.667. The average Bonchev–Trinajstić information content (AvgIpc) is 3.26. The Morgan fingerprint density at radius 3 is 2.54 bits per heavy atom. The minimum Gasteiger partial charge on any atom is -0.465 e. The first kappa shape index (κ1) is 20.7. The minimum absolute atomic E-state index is 0. The van der Waals surface area contributed by atoms with Crippen molar-refractivity contribution in [3.63, 3.8) is 0 Å². The van der Waals surface area contributed by atoms with Crippen molar-refractivity contribution in [1.82, 2.24) is 20.1 Å². The van der Waals surface area contributed by atoms with Crippen LogP contribution in [-0.2, 0) is 11.2 Å². The monoisotopic (exact) mass is 384 g/mol. The summed E-state index contributed by atoms with van der Waals surface area (Å²) in [6, 6.07) is 0.437. The van der Waals surface area contributed by atoms with E-state index >= 15 is 0 Å². The zero-order valence-electron chi connectivity index (χ0n) is 15.8. The van der Waals surface area contributed by atoms with Gasteiger partial charge in [-0.15, -0.1) is 12.4 Å². The fourth-order valence-electron chi connectivity index (χ4n) is 3.95. The number of piperazine rings is 1. The minimum atomic E-state index is -0.384. The number of esters is 1. The molecule has 2 aliphatic heterocycles. The van der Waals surface area contributed by atoms with E-state index in [-0.39, 0.29) is 24.3 Å². The van der Waals surface area contributed by atoms with Gasteiger partial charge in [0.05, 0.1) is 12.7 Å². The van der Waals surface area contributed by atoms with Gasteiger partial charge in [-0.05, 0) is 25.3 Å². The molecule has 0 aromatic carbocycles. The summed E-state index contributed by atoms with van der Waals surface area (Å²) in [6.07, 6.45) is 1.66. The number of nitrogens with one attached hydrogen (secondary N) is 2. The van der Waals surface area contributed by atoms with Crippen LogP contribution in [0, 0.1) is 6.92 Å². The number of carbonyl (C=O) groups excluding carboxylic acids is 2. The molecule has 0 bridgehead atoms. The lowest BCUT2D eigenvalue weighted by molar-refractivity contribution is 0.0599. The molecular weight excluding hydrogens is 356 g/mol. The highest BCUT2D eigenvalue weighted by atomic mass is 35.5. The van der Waals surface area contributed by atoms with Crippen molar-refractivity contribution < 1.29 is 14.3 Å². The number of aromatic amines is 1. The number of nitrogens with zero attached hydrogens (tertiary/aromatic N) is 2. The molecule has 26 heavy (non-hydrogen) atoms. The molecule has 3 heterocycles. The summed E-state index contributed by atoms with van der Waals surface area (Å²) in [5.74, 6) is -0.398. The zero-order valence-corrected chi connectivity index (χ0v) is 16.6. The Bertz CT molecular complexity index is 655. The van der Waals surface area contributed by atoms with E-state index in [2.05, 4.69) is 15.2 Å². The average molecular weight is 385 g/mol. The van der Waals surface area contributed by atoms with Crippen LogP contribution >= 0.6 is 12.4 Å². The van der Waals surface area contributed by atoms with Gasteiger partial charge < -0.3 is 19.9 Å². The SMILES string of the molecule is CCc1[nH]c(C(=O)N2CCC(N3CCNCC3)C2)c(C)c1C(=O)OC.Cl. The van der Waals surface area contributed by atoms with Crippen molar-refractivity contribution in [2.75, 3.05) is 46.4 Å². The van der Waals surface area contributed by atoms with Crippen molar-refractivity contribution in [3.05, 3.63) is 22.5 Å². The molecule has 8 heteroatoms. The third kappa shape index (κ3) is 3.89. The maximum Gasteiger partial charge on any atom is 0.339 e. The summed E-state index contributed by atoms with van der Waals surface area (Å²) in [4.78, 5) is 32.6. The third-order valence-corrected chi connectivity index (χ3v) is 5.40. The number of halogens is 1. The van der Waals surface area contributed by atoms with Gasteiger partial charge in [0.15, 0.2) is 0 Å². The summed E-state index contributed by atoms with van der Waals surface area (Å²) < 4.78 is 4.88. The molecule has 1 aromatic rings. The molecular formula is C18H29ClN4O3. The lowest BCUT2D eigenvalue weighted by Gasteiger charge is -2.32. The molecule has 0 spiro atoms. The molecule has 1 aromatic heterocycles. The first-order valence-corrected chi connectivity index (χ1v) is 9.10. The number of rotatable bonds is 4. The van der Waals surface area contributed by atoms with Gasteiger partial charge >= 0.3 is 5.97 Å². The number of H-pyrrole nitrogens is 1. The predicted molar refractivity (Wildman–Crippen MR) is 102 cm³/mol. The van der Waals surface area contributed by atoms with E-state index in [1.54, 1.807) is 0 Å². The Balaban J connectivity index is 0.00000243. The molecule has 0 saturated carbocycles. The van der Waals surface area contributed by atoms with E-state index in [4.69, 9.17) is 4.74 Å². The number of hydrogen-bond acceptors (Lipinski definition) is 5. The number of methoxy groups -OCH3 is 1. The highest BCUT2D eigenvalue weighted by molar-refractivity contribution is 6.00. The molecule has 2 saturated heterocycles. The molecule has 2 aliphatic rings. The molecule has 1 amide bonds. The van der Waals surface area contributed by atoms with E-state index in [9.17, 15) is 9.59 Å². The molecule has 0 aliphatic carbocycles. The first-order chi connectivity index (χ1) is 12.1. The van der Waals surface area contributed by atoms with Crippen molar-refractivity contribution in [2.45, 2.75) is 32.7 Å². The number of likely N-dealkylation sites (tertiary alicyclic amines) is 1. The van der Waals surface area contributed by atoms with E-state index in [1.165, 1.54) is 7.11 Å². The smallest absolute Gasteiger partial charge is 0.339 e. The van der Waals surface area contributed by atoms with Crippen LogP contribution in [-0.4, -0.2) is 79.1 Å². The number of amides is 1. The van der Waals surface area contributed by atoms with Crippen molar-refractivity contribution in [2.24, 2.45) is 0 Å². The Kier molecular flexibility index (Phi) is 7.08. The van der Waals surface area contributed by atoms with E-state index in [0.717, 1.165) is 51.4 Å². The van der Waals surface area contributed by atoms with Gasteiger partial charge in [0.1, 0.15) is 5.69 Å². The number of carbonyl (C=O) groups is 2. The van der Waals surface area contributed by atoms with E-state index < -0.39 is 0 Å². The molecule has 146 valence electrons. The highest BCUT2D eigenvalue weighted by Crippen LogP contribution is 2.24. The lowest BCUT2D eigenvalue weighted by Crippen LogP contribution is -2.49. The van der Waals surface area contributed by atoms with Gasteiger partial charge in [0, 0.05) is 51.0 Å². The fourth-order valence-corrected chi connectivity index (χ4v) is 3.95. The Hall–Kier alpha value is -1.57. The van der Waals surface area contributed by atoms with Gasteiger partial charge in [-0.1, -0.05) is 6.92 Å². The second kappa shape index (κ2) is 8.88.